The first kappa shape index (κ1) is 20.4. The molecule has 1 amide bonds. The van der Waals surface area contributed by atoms with Gasteiger partial charge in [0, 0.05) is 48.6 Å². The Morgan fingerprint density at radius 1 is 1.19 bits per heavy atom. The first-order chi connectivity index (χ1) is 12.4. The highest BCUT2D eigenvalue weighted by Crippen LogP contribution is 2.18. The topological polar surface area (TPSA) is 71.3 Å². The molecule has 6 nitrogen and oxygen atoms in total. The number of carbonyl (C=O) groups is 1. The maximum atomic E-state index is 12.0. The third kappa shape index (κ3) is 6.11. The summed E-state index contributed by atoms with van der Waals surface area (Å²) < 4.78 is 5.22. The molecular weight excluding hydrogens is 352 g/mol. The standard InChI is InChI=1S/C19H27ClN4O2/c1-13(2)24(14(3)4)12-11-21-17(25)9-10-18-22-19(23-26-18)15-5-7-16(20)8-6-15/h5-8,13-14H,9-12H2,1-4H3,(H,21,25). The number of nitrogens with zero attached hydrogens (tertiary/aromatic N) is 3. The van der Waals surface area contributed by atoms with Crippen LogP contribution in [-0.2, 0) is 11.2 Å². The Kier molecular flexibility index (Phi) is 7.60. The van der Waals surface area contributed by atoms with E-state index in [4.69, 9.17) is 16.1 Å². The fourth-order valence-electron chi connectivity index (χ4n) is 2.82. The molecule has 7 heteroatoms. The summed E-state index contributed by atoms with van der Waals surface area (Å²) >= 11 is 5.87. The summed E-state index contributed by atoms with van der Waals surface area (Å²) in [7, 11) is 0. The molecule has 1 heterocycles. The van der Waals surface area contributed by atoms with Gasteiger partial charge in [-0.2, -0.15) is 4.98 Å². The molecule has 0 aliphatic carbocycles. The van der Waals surface area contributed by atoms with E-state index >= 15 is 0 Å². The van der Waals surface area contributed by atoms with Crippen LogP contribution in [0.1, 0.15) is 40.0 Å². The zero-order chi connectivity index (χ0) is 19.1. The van der Waals surface area contributed by atoms with Crippen molar-refractivity contribution in [3.63, 3.8) is 0 Å². The summed E-state index contributed by atoms with van der Waals surface area (Å²) in [6, 6.07) is 8.13. The van der Waals surface area contributed by atoms with Crippen molar-refractivity contribution in [2.45, 2.75) is 52.6 Å². The van der Waals surface area contributed by atoms with Gasteiger partial charge in [-0.25, -0.2) is 0 Å². The smallest absolute Gasteiger partial charge is 0.227 e. The fourth-order valence-corrected chi connectivity index (χ4v) is 2.94. The number of aryl methyl sites for hydroxylation is 1. The summed E-state index contributed by atoms with van der Waals surface area (Å²) in [5.41, 5.74) is 0.830. The van der Waals surface area contributed by atoms with E-state index in [1.807, 2.05) is 12.1 Å². The molecule has 0 fully saturated rings. The van der Waals surface area contributed by atoms with Gasteiger partial charge in [-0.3, -0.25) is 9.69 Å². The molecule has 0 saturated carbocycles. The Bertz CT molecular complexity index is 690. The number of hydrogen-bond donors (Lipinski definition) is 1. The molecular formula is C19H27ClN4O2. The lowest BCUT2D eigenvalue weighted by Gasteiger charge is -2.30. The van der Waals surface area contributed by atoms with Crippen LogP contribution in [0.4, 0.5) is 0 Å². The molecule has 2 rings (SSSR count). The van der Waals surface area contributed by atoms with Gasteiger partial charge in [0.25, 0.3) is 0 Å². The Morgan fingerprint density at radius 2 is 1.85 bits per heavy atom. The molecule has 0 bridgehead atoms. The van der Waals surface area contributed by atoms with Crippen LogP contribution < -0.4 is 5.32 Å². The largest absolute Gasteiger partial charge is 0.355 e. The maximum Gasteiger partial charge on any atom is 0.227 e. The van der Waals surface area contributed by atoms with Crippen LogP contribution >= 0.6 is 11.6 Å². The maximum absolute atomic E-state index is 12.0. The Hall–Kier alpha value is -1.92. The van der Waals surface area contributed by atoms with Crippen LogP contribution in [0.5, 0.6) is 0 Å². The van der Waals surface area contributed by atoms with Crippen LogP contribution in [0.2, 0.25) is 5.02 Å². The van der Waals surface area contributed by atoms with Gasteiger partial charge in [-0.1, -0.05) is 16.8 Å². The molecule has 1 aromatic carbocycles. The van der Waals surface area contributed by atoms with Crippen molar-refractivity contribution in [2.24, 2.45) is 0 Å². The predicted octanol–water partition coefficient (Wildman–Crippen LogP) is 3.56. The molecule has 2 aromatic rings. The number of carbonyl (C=O) groups excluding carboxylic acids is 1. The highest BCUT2D eigenvalue weighted by molar-refractivity contribution is 6.30. The van der Waals surface area contributed by atoms with Crippen molar-refractivity contribution in [1.82, 2.24) is 20.4 Å². The van der Waals surface area contributed by atoms with Crippen molar-refractivity contribution in [3.8, 4) is 11.4 Å². The normalized spacial score (nSPS) is 11.5. The second kappa shape index (κ2) is 9.69. The van der Waals surface area contributed by atoms with Gasteiger partial charge >= 0.3 is 0 Å². The minimum Gasteiger partial charge on any atom is -0.355 e. The third-order valence-corrected chi connectivity index (χ3v) is 4.41. The summed E-state index contributed by atoms with van der Waals surface area (Å²) in [6.07, 6.45) is 0.746. The van der Waals surface area contributed by atoms with Crippen molar-refractivity contribution in [1.29, 1.82) is 0 Å². The Labute approximate surface area is 159 Å². The van der Waals surface area contributed by atoms with Gasteiger partial charge in [-0.05, 0) is 52.0 Å². The van der Waals surface area contributed by atoms with Gasteiger partial charge in [0.1, 0.15) is 0 Å². The van der Waals surface area contributed by atoms with Crippen molar-refractivity contribution >= 4 is 17.5 Å². The van der Waals surface area contributed by atoms with Crippen LogP contribution in [0, 0.1) is 0 Å². The van der Waals surface area contributed by atoms with E-state index in [0.29, 0.717) is 48.2 Å². The van der Waals surface area contributed by atoms with E-state index in [1.54, 1.807) is 12.1 Å². The van der Waals surface area contributed by atoms with E-state index in [-0.39, 0.29) is 5.91 Å². The van der Waals surface area contributed by atoms with Gasteiger partial charge in [0.15, 0.2) is 0 Å². The second-order valence-electron chi connectivity index (χ2n) is 6.79. The van der Waals surface area contributed by atoms with Gasteiger partial charge in [0.05, 0.1) is 0 Å². The molecule has 142 valence electrons. The van der Waals surface area contributed by atoms with Gasteiger partial charge in [0.2, 0.25) is 17.6 Å². The van der Waals surface area contributed by atoms with Crippen LogP contribution in [-0.4, -0.2) is 46.1 Å². The van der Waals surface area contributed by atoms with Crippen LogP contribution in [0.25, 0.3) is 11.4 Å². The lowest BCUT2D eigenvalue weighted by atomic mass is 10.2. The van der Waals surface area contributed by atoms with Crippen LogP contribution in [0.15, 0.2) is 28.8 Å². The molecule has 0 aliphatic heterocycles. The SMILES string of the molecule is CC(C)N(CCNC(=O)CCc1nc(-c2ccc(Cl)cc2)no1)C(C)C. The summed E-state index contributed by atoms with van der Waals surface area (Å²) in [5.74, 6) is 0.946. The van der Waals surface area contributed by atoms with E-state index in [1.165, 1.54) is 0 Å². The zero-order valence-electron chi connectivity index (χ0n) is 15.8. The number of hydrogen-bond acceptors (Lipinski definition) is 5. The molecule has 0 spiro atoms. The lowest BCUT2D eigenvalue weighted by Crippen LogP contribution is -2.42. The molecule has 1 aromatic heterocycles. The number of halogens is 1. The Morgan fingerprint density at radius 3 is 2.46 bits per heavy atom. The number of nitrogens with one attached hydrogen (secondary N) is 1. The molecule has 0 unspecified atom stereocenters. The summed E-state index contributed by atoms with van der Waals surface area (Å²) in [4.78, 5) is 18.7. The third-order valence-electron chi connectivity index (χ3n) is 4.16. The molecule has 0 aliphatic rings. The predicted molar refractivity (Wildman–Crippen MR) is 103 cm³/mol. The van der Waals surface area contributed by atoms with E-state index < -0.39 is 0 Å². The van der Waals surface area contributed by atoms with Crippen molar-refractivity contribution in [3.05, 3.63) is 35.2 Å². The van der Waals surface area contributed by atoms with E-state index in [0.717, 1.165) is 12.1 Å². The number of amides is 1. The zero-order valence-corrected chi connectivity index (χ0v) is 16.6. The molecule has 0 atom stereocenters. The number of rotatable bonds is 9. The molecule has 0 radical (unpaired) electrons. The first-order valence-corrected chi connectivity index (χ1v) is 9.35. The second-order valence-corrected chi connectivity index (χ2v) is 7.23. The van der Waals surface area contributed by atoms with Crippen LogP contribution in [0.3, 0.4) is 0 Å². The van der Waals surface area contributed by atoms with Gasteiger partial charge in [-0.15, -0.1) is 0 Å². The molecule has 0 saturated heterocycles. The van der Waals surface area contributed by atoms with Crippen molar-refractivity contribution in [2.75, 3.05) is 13.1 Å². The highest BCUT2D eigenvalue weighted by atomic mass is 35.5. The molecule has 1 N–H and O–H groups in total. The summed E-state index contributed by atoms with van der Waals surface area (Å²) in [5, 5.41) is 7.56. The minimum absolute atomic E-state index is 0.0105. The first-order valence-electron chi connectivity index (χ1n) is 8.97. The summed E-state index contributed by atoms with van der Waals surface area (Å²) in [6.45, 7) is 10.1. The lowest BCUT2D eigenvalue weighted by molar-refractivity contribution is -0.121. The monoisotopic (exact) mass is 378 g/mol. The quantitative estimate of drug-likeness (QED) is 0.722. The fraction of sp³-hybridized carbons (Fsp3) is 0.526. The highest BCUT2D eigenvalue weighted by Gasteiger charge is 2.14. The number of benzene rings is 1. The number of aromatic nitrogens is 2. The minimum atomic E-state index is -0.0105. The average molecular weight is 379 g/mol. The van der Waals surface area contributed by atoms with Gasteiger partial charge < -0.3 is 9.84 Å². The van der Waals surface area contributed by atoms with E-state index in [9.17, 15) is 4.79 Å². The average Bonchev–Trinajstić information content (AvgIpc) is 3.05. The molecule has 26 heavy (non-hydrogen) atoms. The van der Waals surface area contributed by atoms with Crippen molar-refractivity contribution < 1.29 is 9.32 Å². The Balaban J connectivity index is 1.76. The van der Waals surface area contributed by atoms with E-state index in [2.05, 4.69) is 48.1 Å².